The Morgan fingerprint density at radius 1 is 0.462 bits per heavy atom. The lowest BCUT2D eigenvalue weighted by atomic mass is 9.97. The number of benzene rings is 1. The van der Waals surface area contributed by atoms with Crippen LogP contribution in [-0.4, -0.2) is 253 Å². The van der Waals surface area contributed by atoms with E-state index in [9.17, 15) is 117 Å². The highest BCUT2D eigenvalue weighted by molar-refractivity contribution is 6.01. The fourth-order valence-electron chi connectivity index (χ4n) is 10.2. The zero-order valence-electron chi connectivity index (χ0n) is 57.9. The minimum absolute atomic E-state index is 0.00728. The van der Waals surface area contributed by atoms with Gasteiger partial charge in [0.05, 0.1) is 44.8 Å². The van der Waals surface area contributed by atoms with E-state index in [1.165, 1.54) is 26.0 Å². The molecule has 0 bridgehead atoms. The lowest BCUT2D eigenvalue weighted by molar-refractivity contribution is -0.145. The van der Waals surface area contributed by atoms with Gasteiger partial charge >= 0.3 is 35.8 Å². The molecule has 1 aliphatic rings. The highest BCUT2D eigenvalue weighted by Crippen LogP contribution is 2.20. The SMILES string of the molecule is CC[C@H](C)[C@H](NC(=O)[C@H](C)NC(=O)[C@H](Cc1ccccc1)NC(=O)[C@H](CC(=O)O)NC(=O)CNC(=O)[C@H](CC(=O)O)NC(=O)CNC(=O)[C@H](CC(=O)O)NC(=O)[C@H](CCCCN)NC(=O)[C@@H](N)CCCCN)C(=O)N[C@@H](CC(=O)O)C(=O)N[C@@H](C)C(=O)N1CCC[C@H]1C(=O)N[C@@H](CCC(=O)O)C(=O)O. The van der Waals surface area contributed by atoms with E-state index in [0.717, 1.165) is 11.8 Å². The molecule has 1 aromatic rings. The minimum Gasteiger partial charge on any atom is -0.481 e. The molecule has 41 heteroatoms. The van der Waals surface area contributed by atoms with E-state index in [1.807, 2.05) is 10.6 Å². The van der Waals surface area contributed by atoms with Crippen LogP contribution in [0.2, 0.25) is 0 Å². The number of unbranched alkanes of at least 4 members (excludes halogenated alkanes) is 2. The Morgan fingerprint density at radius 2 is 0.904 bits per heavy atom. The average Bonchev–Trinajstić information content (AvgIpc) is 1.52. The van der Waals surface area contributed by atoms with Gasteiger partial charge in [-0.2, -0.15) is 0 Å². The summed E-state index contributed by atoms with van der Waals surface area (Å²) in [4.78, 5) is 247. The molecule has 0 aliphatic carbocycles. The molecule has 1 fully saturated rings. The van der Waals surface area contributed by atoms with Crippen molar-refractivity contribution in [3.8, 4) is 0 Å². The van der Waals surface area contributed by atoms with Crippen LogP contribution in [0.1, 0.15) is 130 Å². The number of aliphatic carboxylic acids is 6. The molecule has 24 N–H and O–H groups in total. The zero-order chi connectivity index (χ0) is 78.5. The molecule has 1 aliphatic heterocycles. The smallest absolute Gasteiger partial charge is 0.326 e. The van der Waals surface area contributed by atoms with E-state index in [-0.39, 0.29) is 51.6 Å². The summed E-state index contributed by atoms with van der Waals surface area (Å²) in [5, 5.41) is 84.1. The second-order valence-corrected chi connectivity index (χ2v) is 24.5. The van der Waals surface area contributed by atoms with Crippen molar-refractivity contribution in [1.82, 2.24) is 68.7 Å². The third-order valence-corrected chi connectivity index (χ3v) is 16.1. The van der Waals surface area contributed by atoms with Gasteiger partial charge in [0, 0.05) is 19.4 Å². The second kappa shape index (κ2) is 45.8. The van der Waals surface area contributed by atoms with E-state index in [4.69, 9.17) is 22.3 Å². The third-order valence-electron chi connectivity index (χ3n) is 16.1. The van der Waals surface area contributed by atoms with Gasteiger partial charge in [-0.25, -0.2) is 4.79 Å². The largest absolute Gasteiger partial charge is 0.481 e. The predicted molar refractivity (Wildman–Crippen MR) is 358 cm³/mol. The molecule has 0 aromatic heterocycles. The van der Waals surface area contributed by atoms with Gasteiger partial charge in [0.2, 0.25) is 76.8 Å². The molecule has 2 rings (SSSR count). The monoisotopic (exact) mass is 1480 g/mol. The molecule has 1 aromatic carbocycles. The normalized spacial score (nSPS) is 15.8. The van der Waals surface area contributed by atoms with Gasteiger partial charge in [-0.1, -0.05) is 57.0 Å². The number of hydrogen-bond acceptors (Lipinski definition) is 22. The van der Waals surface area contributed by atoms with E-state index >= 15 is 0 Å². The first kappa shape index (κ1) is 89.1. The first-order chi connectivity index (χ1) is 48.9. The number of hydrogen-bond donors (Lipinski definition) is 21. The van der Waals surface area contributed by atoms with Crippen LogP contribution >= 0.6 is 0 Å². The van der Waals surface area contributed by atoms with Gasteiger partial charge in [0.15, 0.2) is 0 Å². The van der Waals surface area contributed by atoms with Crippen molar-refractivity contribution in [2.24, 2.45) is 23.1 Å². The molecule has 1 heterocycles. The second-order valence-electron chi connectivity index (χ2n) is 24.5. The first-order valence-corrected chi connectivity index (χ1v) is 33.3. The van der Waals surface area contributed by atoms with Crippen LogP contribution in [0.4, 0.5) is 0 Å². The lowest BCUT2D eigenvalue weighted by Crippen LogP contribution is -2.61. The zero-order valence-corrected chi connectivity index (χ0v) is 57.9. The molecular formula is C63H96N16O25. The number of likely N-dealkylation sites (tertiary alicyclic amines) is 1. The van der Waals surface area contributed by atoms with Crippen LogP contribution in [0.25, 0.3) is 0 Å². The summed E-state index contributed by atoms with van der Waals surface area (Å²) < 4.78 is 0. The average molecular weight is 1480 g/mol. The lowest BCUT2D eigenvalue weighted by Gasteiger charge is -2.30. The first-order valence-electron chi connectivity index (χ1n) is 33.3. The summed E-state index contributed by atoms with van der Waals surface area (Å²) in [6.07, 6.45) is -3.36. The maximum atomic E-state index is 14.1. The number of carbonyl (C=O) groups is 19. The maximum Gasteiger partial charge on any atom is 0.326 e. The van der Waals surface area contributed by atoms with Gasteiger partial charge < -0.3 is 117 Å². The van der Waals surface area contributed by atoms with Crippen LogP contribution in [0.5, 0.6) is 0 Å². The molecule has 41 nitrogen and oxygen atoms in total. The summed E-state index contributed by atoms with van der Waals surface area (Å²) in [6.45, 7) is 3.81. The van der Waals surface area contributed by atoms with Gasteiger partial charge in [0.1, 0.15) is 66.5 Å². The Morgan fingerprint density at radius 3 is 1.40 bits per heavy atom. The van der Waals surface area contributed by atoms with Crippen molar-refractivity contribution in [3.63, 3.8) is 0 Å². The van der Waals surface area contributed by atoms with Crippen molar-refractivity contribution in [3.05, 3.63) is 35.9 Å². The Bertz CT molecular complexity index is 3230. The number of nitrogens with one attached hydrogen (secondary N) is 12. The Labute approximate surface area is 595 Å². The summed E-state index contributed by atoms with van der Waals surface area (Å²) in [6, 6.07) is -11.6. The van der Waals surface area contributed by atoms with E-state index in [1.54, 1.807) is 25.1 Å². The molecule has 578 valence electrons. The number of nitrogens with zero attached hydrogens (tertiary/aromatic N) is 1. The fraction of sp³-hybridized carbons (Fsp3) is 0.603. The molecule has 13 amide bonds. The Kier molecular flexibility index (Phi) is 39.2. The highest BCUT2D eigenvalue weighted by Gasteiger charge is 2.40. The van der Waals surface area contributed by atoms with E-state index in [0.29, 0.717) is 37.8 Å². The molecule has 0 spiro atoms. The van der Waals surface area contributed by atoms with Crippen molar-refractivity contribution >= 4 is 113 Å². The van der Waals surface area contributed by atoms with Crippen LogP contribution in [0, 0.1) is 5.92 Å². The molecule has 1 saturated heterocycles. The van der Waals surface area contributed by atoms with Gasteiger partial charge in [0.25, 0.3) is 0 Å². The standard InChI is InChI=1S/C63H96N16O25/c1-5-31(2)51(61(101)77-42(28-50(90)91)58(98)70-33(4)62(102)79-23-13-18-43(79)60(100)74-37(63(103)104)19-20-46(82)83)78-52(92)32(3)69-57(97)38(24-34-14-7-6-8-15-34)75-59(99)41(27-49(88)89)72-45(81)30-67-54(94)39(25-47(84)85)71-44(80)29-68-55(95)40(26-48(86)87)76-56(96)36(17-10-12-22-65)73-53(93)35(66)16-9-11-21-64/h6-8,14-15,31-33,35-43,51H,5,9-13,16-30,64-66H2,1-4H3,(H,67,94)(H,68,95)(H,69,97)(H,70,98)(H,71,80)(H,72,81)(H,73,93)(H,74,100)(H,75,99)(H,76,96)(H,77,101)(H,78,92)(H,82,83)(H,84,85)(H,86,87)(H,88,89)(H,90,91)(H,103,104)/t31-,32-,33-,35-,36-,37-,38-,39-,40-,41-,42-,43-,51-/m0/s1. The van der Waals surface area contributed by atoms with Gasteiger partial charge in [-0.05, 0) is 89.8 Å². The summed E-state index contributed by atoms with van der Waals surface area (Å²) >= 11 is 0. The van der Waals surface area contributed by atoms with Crippen molar-refractivity contribution in [2.75, 3.05) is 32.7 Å². The predicted octanol–water partition coefficient (Wildman–Crippen LogP) is -7.18. The number of amides is 13. The van der Waals surface area contributed by atoms with Crippen LogP contribution < -0.4 is 81.0 Å². The quantitative estimate of drug-likeness (QED) is 0.0270. The third kappa shape index (κ3) is 32.8. The number of carbonyl (C=O) groups excluding carboxylic acids is 13. The summed E-state index contributed by atoms with van der Waals surface area (Å²) in [7, 11) is 0. The molecule has 13 atom stereocenters. The van der Waals surface area contributed by atoms with Gasteiger partial charge in [-0.15, -0.1) is 0 Å². The highest BCUT2D eigenvalue weighted by atomic mass is 16.4. The van der Waals surface area contributed by atoms with Crippen molar-refractivity contribution < 1.29 is 122 Å². The summed E-state index contributed by atoms with van der Waals surface area (Å²) in [5.41, 5.74) is 17.4. The van der Waals surface area contributed by atoms with Crippen LogP contribution in [-0.2, 0) is 97.5 Å². The number of carboxylic acid groups (broad SMARTS) is 6. The Hall–Kier alpha value is -11.0. The minimum atomic E-state index is -2.03. The Balaban J connectivity index is 2.24. The van der Waals surface area contributed by atoms with Crippen molar-refractivity contribution in [1.29, 1.82) is 0 Å². The van der Waals surface area contributed by atoms with Gasteiger partial charge in [-0.3, -0.25) is 86.3 Å². The number of rotatable bonds is 49. The number of nitrogens with two attached hydrogens (primary N) is 3. The molecule has 0 saturated carbocycles. The van der Waals surface area contributed by atoms with E-state index < -0.39 is 243 Å². The molecular weight excluding hydrogens is 1380 g/mol. The molecule has 104 heavy (non-hydrogen) atoms. The fourth-order valence-corrected chi connectivity index (χ4v) is 10.2. The molecule has 0 unspecified atom stereocenters. The molecule has 0 radical (unpaired) electrons. The maximum absolute atomic E-state index is 14.1. The number of carboxylic acids is 6. The van der Waals surface area contributed by atoms with Crippen LogP contribution in [0.3, 0.4) is 0 Å². The van der Waals surface area contributed by atoms with E-state index in [2.05, 4.69) is 53.2 Å². The summed E-state index contributed by atoms with van der Waals surface area (Å²) in [5.74, 6) is -24.6. The topological polar surface area (TPSA) is 671 Å². The van der Waals surface area contributed by atoms with Crippen molar-refractivity contribution in [2.45, 2.75) is 203 Å². The van der Waals surface area contributed by atoms with Crippen LogP contribution in [0.15, 0.2) is 30.3 Å².